The summed E-state index contributed by atoms with van der Waals surface area (Å²) in [5.74, 6) is 1.63. The van der Waals surface area contributed by atoms with Crippen LogP contribution in [0, 0.1) is 0 Å². The molecule has 0 radical (unpaired) electrons. The summed E-state index contributed by atoms with van der Waals surface area (Å²) in [5, 5.41) is 4.63. The van der Waals surface area contributed by atoms with Gasteiger partial charge in [0, 0.05) is 44.8 Å². The fourth-order valence-electron chi connectivity index (χ4n) is 4.38. The van der Waals surface area contributed by atoms with Gasteiger partial charge in [-0.25, -0.2) is 9.48 Å². The zero-order valence-corrected chi connectivity index (χ0v) is 19.4. The molecule has 0 unspecified atom stereocenters. The van der Waals surface area contributed by atoms with Crippen molar-refractivity contribution in [2.24, 2.45) is 0 Å². The van der Waals surface area contributed by atoms with Crippen LogP contribution in [-0.4, -0.2) is 59.1 Å². The molecular formula is C26H33N5O2. The Morgan fingerprint density at radius 2 is 1.67 bits per heavy atom. The smallest absolute Gasteiger partial charge is 0.346 e. The van der Waals surface area contributed by atoms with Gasteiger partial charge in [-0.15, -0.1) is 11.7 Å². The number of ether oxygens (including phenoxy) is 1. The second-order valence-corrected chi connectivity index (χ2v) is 8.30. The molecule has 2 aromatic carbocycles. The Balaban J connectivity index is 1.28. The molecule has 1 fully saturated rings. The van der Waals surface area contributed by atoms with Gasteiger partial charge in [-0.1, -0.05) is 48.5 Å². The summed E-state index contributed by atoms with van der Waals surface area (Å²) in [6, 6.07) is 18.1. The van der Waals surface area contributed by atoms with Gasteiger partial charge >= 0.3 is 5.69 Å². The minimum Gasteiger partial charge on any atom is -0.495 e. The van der Waals surface area contributed by atoms with Crippen LogP contribution in [0.2, 0.25) is 0 Å². The number of hydrogen-bond acceptors (Lipinski definition) is 5. The molecule has 0 atom stereocenters. The van der Waals surface area contributed by atoms with Crippen molar-refractivity contribution < 1.29 is 4.74 Å². The molecule has 174 valence electrons. The van der Waals surface area contributed by atoms with Crippen molar-refractivity contribution in [3.05, 3.63) is 77.7 Å². The third-order valence-electron chi connectivity index (χ3n) is 6.16. The molecule has 0 saturated carbocycles. The second-order valence-electron chi connectivity index (χ2n) is 8.30. The van der Waals surface area contributed by atoms with E-state index in [0.717, 1.165) is 56.9 Å². The van der Waals surface area contributed by atoms with Crippen LogP contribution in [0.25, 0.3) is 11.4 Å². The van der Waals surface area contributed by atoms with Crippen molar-refractivity contribution in [2.75, 3.05) is 44.7 Å². The zero-order valence-electron chi connectivity index (χ0n) is 19.4. The van der Waals surface area contributed by atoms with Crippen LogP contribution in [0.3, 0.4) is 0 Å². The Labute approximate surface area is 195 Å². The molecule has 0 spiro atoms. The van der Waals surface area contributed by atoms with Gasteiger partial charge in [0.2, 0.25) is 0 Å². The average molecular weight is 448 g/mol. The van der Waals surface area contributed by atoms with Gasteiger partial charge in [0.05, 0.1) is 12.8 Å². The van der Waals surface area contributed by atoms with Crippen molar-refractivity contribution in [1.82, 2.24) is 19.2 Å². The Morgan fingerprint density at radius 3 is 2.39 bits per heavy atom. The first kappa shape index (κ1) is 22.9. The summed E-state index contributed by atoms with van der Waals surface area (Å²) in [6.07, 6.45) is 3.70. The van der Waals surface area contributed by atoms with E-state index in [9.17, 15) is 4.79 Å². The van der Waals surface area contributed by atoms with Gasteiger partial charge < -0.3 is 9.64 Å². The van der Waals surface area contributed by atoms with Crippen LogP contribution in [0.1, 0.15) is 12.8 Å². The topological polar surface area (TPSA) is 55.5 Å². The number of nitrogens with zero attached hydrogens (tertiary/aromatic N) is 5. The Bertz CT molecular complexity index is 1100. The van der Waals surface area contributed by atoms with Crippen LogP contribution in [-0.2, 0) is 13.1 Å². The highest BCUT2D eigenvalue weighted by Gasteiger charge is 2.19. The minimum atomic E-state index is -0.0702. The average Bonchev–Trinajstić information content (AvgIpc) is 3.18. The van der Waals surface area contributed by atoms with Gasteiger partial charge in [0.25, 0.3) is 0 Å². The lowest BCUT2D eigenvalue weighted by atomic mass is 10.2. The maximum Gasteiger partial charge on any atom is 0.346 e. The highest BCUT2D eigenvalue weighted by molar-refractivity contribution is 5.58. The fraction of sp³-hybridized carbons (Fsp3) is 0.385. The monoisotopic (exact) mass is 447 g/mol. The normalized spacial score (nSPS) is 14.4. The van der Waals surface area contributed by atoms with Crippen molar-refractivity contribution in [2.45, 2.75) is 25.9 Å². The third-order valence-corrected chi connectivity index (χ3v) is 6.16. The van der Waals surface area contributed by atoms with E-state index in [1.807, 2.05) is 42.5 Å². The maximum atomic E-state index is 12.9. The summed E-state index contributed by atoms with van der Waals surface area (Å²) in [7, 11) is 1.73. The van der Waals surface area contributed by atoms with Gasteiger partial charge in [-0.3, -0.25) is 9.47 Å². The maximum absolute atomic E-state index is 12.9. The highest BCUT2D eigenvalue weighted by Crippen LogP contribution is 2.28. The number of methoxy groups -OCH3 is 1. The summed E-state index contributed by atoms with van der Waals surface area (Å²) in [5.41, 5.74) is 2.05. The quantitative estimate of drug-likeness (QED) is 0.352. The molecule has 0 amide bonds. The number of unbranched alkanes of at least 4 members (excludes halogenated alkanes) is 1. The number of aryl methyl sites for hydroxylation is 1. The molecule has 0 bridgehead atoms. The van der Waals surface area contributed by atoms with E-state index in [0.29, 0.717) is 18.9 Å². The highest BCUT2D eigenvalue weighted by atomic mass is 16.5. The third kappa shape index (κ3) is 5.37. The van der Waals surface area contributed by atoms with Crippen molar-refractivity contribution in [3.8, 4) is 17.1 Å². The number of hydrogen-bond donors (Lipinski definition) is 0. The van der Waals surface area contributed by atoms with E-state index < -0.39 is 0 Å². The largest absolute Gasteiger partial charge is 0.495 e. The van der Waals surface area contributed by atoms with Crippen LogP contribution < -0.4 is 15.3 Å². The molecule has 1 aromatic heterocycles. The zero-order chi connectivity index (χ0) is 23.0. The molecule has 0 aliphatic carbocycles. The number of aromatic nitrogens is 3. The molecule has 1 saturated heterocycles. The molecule has 0 N–H and O–H groups in total. The molecule has 7 nitrogen and oxygen atoms in total. The summed E-state index contributed by atoms with van der Waals surface area (Å²) >= 11 is 0. The van der Waals surface area contributed by atoms with E-state index in [1.54, 1.807) is 22.4 Å². The minimum absolute atomic E-state index is 0.0702. The molecule has 3 aromatic rings. The van der Waals surface area contributed by atoms with Gasteiger partial charge in [0.15, 0.2) is 5.82 Å². The molecule has 2 heterocycles. The number of benzene rings is 2. The van der Waals surface area contributed by atoms with Crippen molar-refractivity contribution in [1.29, 1.82) is 0 Å². The SMILES string of the molecule is C=CCn1c(-c2ccccc2)nn(CCCCN2CCN(c3ccccc3OC)CC2)c1=O. The first-order chi connectivity index (χ1) is 16.2. The number of piperazine rings is 1. The molecule has 33 heavy (non-hydrogen) atoms. The van der Waals surface area contributed by atoms with Crippen LogP contribution in [0.5, 0.6) is 5.75 Å². The van der Waals surface area contributed by atoms with E-state index in [1.165, 1.54) is 5.69 Å². The molecule has 4 rings (SSSR count). The van der Waals surface area contributed by atoms with E-state index in [2.05, 4.69) is 33.6 Å². The first-order valence-corrected chi connectivity index (χ1v) is 11.7. The van der Waals surface area contributed by atoms with E-state index in [-0.39, 0.29) is 5.69 Å². The predicted octanol–water partition coefficient (Wildman–Crippen LogP) is 3.51. The van der Waals surface area contributed by atoms with Crippen LogP contribution >= 0.6 is 0 Å². The number of rotatable bonds is 10. The molecule has 7 heteroatoms. The van der Waals surface area contributed by atoms with Gasteiger partial charge in [-0.2, -0.15) is 0 Å². The molecular weight excluding hydrogens is 414 g/mol. The summed E-state index contributed by atoms with van der Waals surface area (Å²) in [6.45, 7) is 9.96. The lowest BCUT2D eigenvalue weighted by molar-refractivity contribution is 0.250. The lowest BCUT2D eigenvalue weighted by Crippen LogP contribution is -2.46. The molecule has 1 aliphatic heterocycles. The number of anilines is 1. The van der Waals surface area contributed by atoms with Crippen molar-refractivity contribution >= 4 is 5.69 Å². The Morgan fingerprint density at radius 1 is 0.970 bits per heavy atom. The Kier molecular flexibility index (Phi) is 7.62. The molecule has 1 aliphatic rings. The lowest BCUT2D eigenvalue weighted by Gasteiger charge is -2.36. The summed E-state index contributed by atoms with van der Waals surface area (Å²) < 4.78 is 8.81. The predicted molar refractivity (Wildman–Crippen MR) is 133 cm³/mol. The van der Waals surface area contributed by atoms with Crippen LogP contribution in [0.4, 0.5) is 5.69 Å². The van der Waals surface area contributed by atoms with E-state index in [4.69, 9.17) is 4.74 Å². The fourth-order valence-corrected chi connectivity index (χ4v) is 4.38. The van der Waals surface area contributed by atoms with Gasteiger partial charge in [-0.05, 0) is 31.5 Å². The first-order valence-electron chi connectivity index (χ1n) is 11.7. The van der Waals surface area contributed by atoms with E-state index >= 15 is 0 Å². The van der Waals surface area contributed by atoms with Crippen molar-refractivity contribution in [3.63, 3.8) is 0 Å². The standard InChI is InChI=1S/C26H33N5O2/c1-3-15-30-25(22-11-5-4-6-12-22)27-31(26(30)32)17-10-9-16-28-18-20-29(21-19-28)23-13-7-8-14-24(23)33-2/h3-8,11-14H,1,9-10,15-21H2,2H3. The van der Waals surface area contributed by atoms with Crippen LogP contribution in [0.15, 0.2) is 72.0 Å². The second kappa shape index (κ2) is 11.0. The summed E-state index contributed by atoms with van der Waals surface area (Å²) in [4.78, 5) is 17.8. The Hall–Kier alpha value is -3.32. The number of para-hydroxylation sites is 2. The van der Waals surface area contributed by atoms with Gasteiger partial charge in [0.1, 0.15) is 5.75 Å². The number of allylic oxidation sites excluding steroid dienone is 1.